The number of benzene rings is 3. The van der Waals surface area contributed by atoms with Gasteiger partial charge in [0.1, 0.15) is 18.1 Å². The largest absolute Gasteiger partial charge is 0.497 e. The fraction of sp³-hybridized carbons (Fsp3) is 0.235. The number of hydrogen-bond acceptors (Lipinski definition) is 11. The van der Waals surface area contributed by atoms with Gasteiger partial charge in [0.05, 0.1) is 29.6 Å². The number of carbonyl (C=O) groups is 3. The minimum Gasteiger partial charge on any atom is -0.497 e. The fourth-order valence-electron chi connectivity index (χ4n) is 4.28. The van der Waals surface area contributed by atoms with Crippen LogP contribution in [0.2, 0.25) is 0 Å². The lowest BCUT2D eigenvalue weighted by Gasteiger charge is -2.17. The van der Waals surface area contributed by atoms with Crippen molar-refractivity contribution in [3.63, 3.8) is 0 Å². The summed E-state index contributed by atoms with van der Waals surface area (Å²) in [4.78, 5) is 48.1. The Morgan fingerprint density at radius 2 is 1.57 bits per heavy atom. The number of ether oxygens (including phenoxy) is 1. The number of carbonyl (C=O) groups excluding carboxylic acids is 1. The fourth-order valence-corrected chi connectivity index (χ4v) is 5.32. The maximum atomic E-state index is 13.5. The molecule has 1 heterocycles. The van der Waals surface area contributed by atoms with Gasteiger partial charge in [-0.3, -0.25) is 29.1 Å². The summed E-state index contributed by atoms with van der Waals surface area (Å²) in [5, 5.41) is 27.3. The van der Waals surface area contributed by atoms with Crippen molar-refractivity contribution >= 4 is 51.4 Å². The van der Waals surface area contributed by atoms with Crippen molar-refractivity contribution in [2.45, 2.75) is 50.7 Å². The summed E-state index contributed by atoms with van der Waals surface area (Å²) in [5.74, 6) is -2.71. The van der Waals surface area contributed by atoms with Crippen LogP contribution in [0.5, 0.6) is 5.75 Å². The van der Waals surface area contributed by atoms with Crippen LogP contribution in [0.15, 0.2) is 82.6 Å². The highest BCUT2D eigenvalue weighted by Crippen LogP contribution is 2.28. The summed E-state index contributed by atoms with van der Waals surface area (Å²) in [7, 11) is -2.51. The van der Waals surface area contributed by atoms with Gasteiger partial charge in [-0.05, 0) is 61.9 Å². The van der Waals surface area contributed by atoms with Crippen LogP contribution < -0.4 is 37.1 Å². The number of nitrogens with two attached hydrogens (primary N) is 2. The molecule has 0 aliphatic rings. The van der Waals surface area contributed by atoms with Crippen molar-refractivity contribution in [3.05, 3.63) is 94.4 Å². The standard InChI is InChI=1S/C30H34N8O5S.C2HF3O2.CHF3.CH2O2/c1-18(2)36-29-30(40)38(17-27(39)34-15-19-4-6-20(7-5-19)28(32)33)26(16-35-29)21-12-22(31)14-23(13-21)37-44(41,42)25-10-8-24(43-3)9-11-25;3-2(4,5)1(6)7;2-1(3)4;2-1-3/h4-14,16,18,37H,15,17,31H2,1-3H3,(H3,32,33)(H,34,39)(H,35,36);(H,6,7);1H;1H,(H,2,3). The Kier molecular flexibility index (Phi) is 19.2. The molecule has 0 fully saturated rings. The number of hydrogen-bond donors (Lipinski definition) is 8. The van der Waals surface area contributed by atoms with E-state index in [-0.39, 0.29) is 59.2 Å². The van der Waals surface area contributed by atoms with Crippen LogP contribution in [0.1, 0.15) is 25.0 Å². The number of halogens is 6. The molecule has 4 rings (SSSR count). The van der Waals surface area contributed by atoms with E-state index in [1.165, 1.54) is 54.3 Å². The Hall–Kier alpha value is -6.85. The Balaban J connectivity index is 0.00000103. The monoisotopic (exact) mass is 848 g/mol. The van der Waals surface area contributed by atoms with Gasteiger partial charge in [-0.15, -0.1) is 0 Å². The van der Waals surface area contributed by atoms with Gasteiger partial charge in [0, 0.05) is 29.4 Å². The van der Waals surface area contributed by atoms with Crippen molar-refractivity contribution in [3.8, 4) is 17.0 Å². The van der Waals surface area contributed by atoms with Crippen LogP contribution in [-0.4, -0.2) is 78.4 Å². The molecule has 1 aromatic heterocycles. The summed E-state index contributed by atoms with van der Waals surface area (Å²) in [6.07, 6.45) is -3.66. The Bertz CT molecular complexity index is 2170. The molecule has 24 heteroatoms. The summed E-state index contributed by atoms with van der Waals surface area (Å²) in [5.41, 5.74) is 13.4. The van der Waals surface area contributed by atoms with Gasteiger partial charge in [-0.2, -0.15) is 26.3 Å². The number of carboxylic acids is 1. The van der Waals surface area contributed by atoms with Gasteiger partial charge in [0.15, 0.2) is 5.82 Å². The van der Waals surface area contributed by atoms with E-state index in [9.17, 15) is 44.3 Å². The molecular formula is C34H38F6N8O9S. The Morgan fingerprint density at radius 3 is 2.03 bits per heavy atom. The van der Waals surface area contributed by atoms with Crippen LogP contribution in [0.25, 0.3) is 11.3 Å². The summed E-state index contributed by atoms with van der Waals surface area (Å²) < 4.78 is 95.8. The highest BCUT2D eigenvalue weighted by atomic mass is 32.2. The van der Waals surface area contributed by atoms with Crippen molar-refractivity contribution in [1.82, 2.24) is 14.9 Å². The van der Waals surface area contributed by atoms with E-state index in [1.54, 1.807) is 30.3 Å². The molecule has 58 heavy (non-hydrogen) atoms. The van der Waals surface area contributed by atoms with Gasteiger partial charge in [0.2, 0.25) is 5.91 Å². The summed E-state index contributed by atoms with van der Waals surface area (Å²) in [6, 6.07) is 17.1. The van der Waals surface area contributed by atoms with Crippen molar-refractivity contribution < 1.29 is 64.1 Å². The van der Waals surface area contributed by atoms with Gasteiger partial charge in [-0.25, -0.2) is 18.2 Å². The molecule has 0 saturated heterocycles. The number of carboxylic acid groups (broad SMARTS) is 2. The second-order valence-corrected chi connectivity index (χ2v) is 13.0. The molecular weight excluding hydrogens is 810 g/mol. The van der Waals surface area contributed by atoms with Gasteiger partial charge in [0.25, 0.3) is 22.1 Å². The molecule has 17 nitrogen and oxygen atoms in total. The van der Waals surface area contributed by atoms with Crippen molar-refractivity contribution in [2.24, 2.45) is 5.73 Å². The maximum absolute atomic E-state index is 13.5. The molecule has 0 aliphatic heterocycles. The maximum Gasteiger partial charge on any atom is 0.490 e. The Morgan fingerprint density at radius 1 is 1.03 bits per heavy atom. The molecule has 0 radical (unpaired) electrons. The predicted octanol–water partition coefficient (Wildman–Crippen LogP) is 4.24. The summed E-state index contributed by atoms with van der Waals surface area (Å²) >= 11 is 0. The van der Waals surface area contributed by atoms with E-state index < -0.39 is 40.3 Å². The average molecular weight is 849 g/mol. The van der Waals surface area contributed by atoms with E-state index in [0.717, 1.165) is 5.56 Å². The van der Waals surface area contributed by atoms with E-state index in [2.05, 4.69) is 20.3 Å². The van der Waals surface area contributed by atoms with E-state index in [0.29, 0.717) is 16.9 Å². The molecule has 0 bridgehead atoms. The highest BCUT2D eigenvalue weighted by Gasteiger charge is 2.38. The normalized spacial score (nSPS) is 10.7. The molecule has 0 spiro atoms. The minimum absolute atomic E-state index is 0.0116. The lowest BCUT2D eigenvalue weighted by atomic mass is 10.1. The van der Waals surface area contributed by atoms with Gasteiger partial charge >= 0.3 is 18.8 Å². The number of anilines is 3. The van der Waals surface area contributed by atoms with Crippen LogP contribution in [-0.2, 0) is 37.5 Å². The molecule has 0 saturated carbocycles. The third-order valence-electron chi connectivity index (χ3n) is 6.65. The van der Waals surface area contributed by atoms with E-state index in [1.807, 2.05) is 13.8 Å². The first-order valence-corrected chi connectivity index (χ1v) is 17.4. The number of alkyl halides is 6. The van der Waals surface area contributed by atoms with E-state index >= 15 is 0 Å². The zero-order chi connectivity index (χ0) is 44.4. The third-order valence-corrected chi connectivity index (χ3v) is 8.05. The summed E-state index contributed by atoms with van der Waals surface area (Å²) in [6.45, 7) is -0.388. The molecule has 3 aromatic carbocycles. The first-order chi connectivity index (χ1) is 26.9. The van der Waals surface area contributed by atoms with E-state index in [4.69, 9.17) is 41.4 Å². The second kappa shape index (κ2) is 22.6. The van der Waals surface area contributed by atoms with Gasteiger partial charge in [-0.1, -0.05) is 24.3 Å². The van der Waals surface area contributed by atoms with Crippen molar-refractivity contribution in [1.29, 1.82) is 5.41 Å². The highest BCUT2D eigenvalue weighted by molar-refractivity contribution is 7.92. The number of nitrogens with zero attached hydrogens (tertiary/aromatic N) is 2. The SMILES string of the molecule is COc1ccc(S(=O)(=O)Nc2cc(N)cc(-c3cnc(NC(C)C)c(=O)n3CC(=O)NCc3ccc(C(=N)N)cc3)c2)cc1.FC(F)F.O=C(O)C(F)(F)F.O=CO. The molecule has 0 unspecified atom stereocenters. The lowest BCUT2D eigenvalue weighted by molar-refractivity contribution is -0.192. The number of nitrogens with one attached hydrogen (secondary N) is 4. The Labute approximate surface area is 326 Å². The zero-order valence-corrected chi connectivity index (χ0v) is 31.4. The van der Waals surface area contributed by atoms with Crippen LogP contribution >= 0.6 is 0 Å². The molecule has 0 atom stereocenters. The molecule has 316 valence electrons. The quantitative estimate of drug-likeness (QED) is 0.0326. The zero-order valence-electron chi connectivity index (χ0n) is 30.6. The second-order valence-electron chi connectivity index (χ2n) is 11.4. The van der Waals surface area contributed by atoms with Gasteiger partial charge < -0.3 is 37.1 Å². The predicted molar refractivity (Wildman–Crippen MR) is 200 cm³/mol. The number of aromatic nitrogens is 2. The topological polar surface area (TPSA) is 282 Å². The lowest BCUT2D eigenvalue weighted by Crippen LogP contribution is -2.35. The minimum atomic E-state index is -5.08. The molecule has 4 aromatic rings. The number of aliphatic carboxylic acids is 1. The van der Waals surface area contributed by atoms with Crippen LogP contribution in [0, 0.1) is 5.41 Å². The molecule has 10 N–H and O–H groups in total. The van der Waals surface area contributed by atoms with Crippen molar-refractivity contribution in [2.75, 3.05) is 22.9 Å². The third kappa shape index (κ3) is 16.9. The number of nitrogen functional groups attached to an aromatic ring is 2. The molecule has 0 aliphatic carbocycles. The number of amides is 1. The smallest absolute Gasteiger partial charge is 0.490 e. The number of amidine groups is 1. The average Bonchev–Trinajstić information content (AvgIpc) is 3.12. The number of rotatable bonds is 12. The first kappa shape index (κ1) is 49.2. The first-order valence-electron chi connectivity index (χ1n) is 15.9. The molecule has 1 amide bonds. The van der Waals surface area contributed by atoms with Crippen LogP contribution in [0.4, 0.5) is 43.5 Å². The number of methoxy groups -OCH3 is 1. The van der Waals surface area contributed by atoms with Crippen LogP contribution in [0.3, 0.4) is 0 Å². The number of sulfonamides is 1.